The predicted octanol–water partition coefficient (Wildman–Crippen LogP) is 3.79. The largest absolute Gasteiger partial charge is 0.324 e. The number of thioether (sulfide) groups is 1. The van der Waals surface area contributed by atoms with E-state index in [0.29, 0.717) is 5.16 Å². The van der Waals surface area contributed by atoms with Gasteiger partial charge in [-0.3, -0.25) is 9.89 Å². The first-order valence-electron chi connectivity index (χ1n) is 6.81. The van der Waals surface area contributed by atoms with Crippen LogP contribution in [-0.4, -0.2) is 26.8 Å². The Bertz CT molecular complexity index is 788. The molecule has 0 aliphatic rings. The fraction of sp³-hybridized carbons (Fsp3) is 0.133. The molecule has 8 heteroatoms. The summed E-state index contributed by atoms with van der Waals surface area (Å²) in [5, 5.41) is 12.6. The number of thiophene rings is 1. The van der Waals surface area contributed by atoms with Crippen molar-refractivity contribution in [1.82, 2.24) is 15.2 Å². The van der Waals surface area contributed by atoms with Crippen LogP contribution in [0.5, 0.6) is 0 Å². The van der Waals surface area contributed by atoms with E-state index in [1.165, 1.54) is 16.6 Å². The van der Waals surface area contributed by atoms with E-state index < -0.39 is 0 Å². The number of rotatable bonds is 6. The molecule has 1 amide bonds. The van der Waals surface area contributed by atoms with Crippen LogP contribution in [0, 0.1) is 3.57 Å². The monoisotopic (exact) mass is 456 g/mol. The van der Waals surface area contributed by atoms with Crippen LogP contribution in [0.4, 0.5) is 5.69 Å². The minimum absolute atomic E-state index is 0.0660. The number of para-hydroxylation sites is 1. The summed E-state index contributed by atoms with van der Waals surface area (Å²) in [6, 6.07) is 11.8. The minimum Gasteiger partial charge on any atom is -0.324 e. The molecule has 0 fully saturated rings. The third-order valence-electron chi connectivity index (χ3n) is 2.91. The van der Waals surface area contributed by atoms with Crippen LogP contribution in [-0.2, 0) is 11.2 Å². The zero-order chi connectivity index (χ0) is 16.1. The molecule has 0 spiro atoms. The van der Waals surface area contributed by atoms with E-state index in [2.05, 4.69) is 49.2 Å². The fourth-order valence-electron chi connectivity index (χ4n) is 1.88. The number of carbonyl (C=O) groups is 1. The van der Waals surface area contributed by atoms with E-state index >= 15 is 0 Å². The molecule has 3 rings (SSSR count). The molecule has 0 aliphatic heterocycles. The first kappa shape index (κ1) is 16.5. The van der Waals surface area contributed by atoms with Crippen molar-refractivity contribution in [2.24, 2.45) is 0 Å². The predicted molar refractivity (Wildman–Crippen MR) is 102 cm³/mol. The summed E-state index contributed by atoms with van der Waals surface area (Å²) in [6.45, 7) is 0. The summed E-state index contributed by atoms with van der Waals surface area (Å²) < 4.78 is 1.01. The highest BCUT2D eigenvalue weighted by molar-refractivity contribution is 14.1. The third kappa shape index (κ3) is 4.79. The average Bonchev–Trinajstić information content (AvgIpc) is 3.20. The number of halogens is 1. The Kier molecular flexibility index (Phi) is 5.68. The van der Waals surface area contributed by atoms with Crippen LogP contribution < -0.4 is 5.32 Å². The Labute approximate surface area is 155 Å². The van der Waals surface area contributed by atoms with Gasteiger partial charge in [0, 0.05) is 14.9 Å². The maximum atomic E-state index is 12.0. The molecule has 2 aromatic heterocycles. The van der Waals surface area contributed by atoms with Gasteiger partial charge in [-0.05, 0) is 46.2 Å². The Morgan fingerprint density at radius 3 is 2.96 bits per heavy atom. The molecule has 2 N–H and O–H groups in total. The van der Waals surface area contributed by atoms with Crippen molar-refractivity contribution in [3.05, 3.63) is 56.0 Å². The summed E-state index contributed by atoms with van der Waals surface area (Å²) >= 11 is 5.21. The Morgan fingerprint density at radius 2 is 2.17 bits per heavy atom. The van der Waals surface area contributed by atoms with E-state index in [4.69, 9.17) is 0 Å². The highest BCUT2D eigenvalue weighted by Gasteiger charge is 2.09. The zero-order valence-corrected chi connectivity index (χ0v) is 15.7. The molecule has 5 nitrogen and oxygen atoms in total. The summed E-state index contributed by atoms with van der Waals surface area (Å²) in [5.74, 6) is 1.03. The quantitative estimate of drug-likeness (QED) is 0.438. The molecule has 2 heterocycles. The molecular formula is C15H13IN4OS2. The summed E-state index contributed by atoms with van der Waals surface area (Å²) in [5.41, 5.74) is 0.826. The van der Waals surface area contributed by atoms with Gasteiger partial charge in [-0.25, -0.2) is 4.98 Å². The number of aromatic nitrogens is 3. The van der Waals surface area contributed by atoms with Crippen LogP contribution in [0.1, 0.15) is 10.7 Å². The summed E-state index contributed by atoms with van der Waals surface area (Å²) in [7, 11) is 0. The lowest BCUT2D eigenvalue weighted by Crippen LogP contribution is -2.14. The minimum atomic E-state index is -0.0660. The molecule has 0 aliphatic carbocycles. The average molecular weight is 456 g/mol. The van der Waals surface area contributed by atoms with Gasteiger partial charge in [-0.15, -0.1) is 16.4 Å². The van der Waals surface area contributed by atoms with Gasteiger partial charge < -0.3 is 5.32 Å². The maximum Gasteiger partial charge on any atom is 0.234 e. The van der Waals surface area contributed by atoms with E-state index in [9.17, 15) is 4.79 Å². The summed E-state index contributed by atoms with van der Waals surface area (Å²) in [6.07, 6.45) is 0.736. The Balaban J connectivity index is 1.51. The number of benzene rings is 1. The van der Waals surface area contributed by atoms with Crippen LogP contribution in [0.25, 0.3) is 0 Å². The topological polar surface area (TPSA) is 70.7 Å². The molecule has 118 valence electrons. The van der Waals surface area contributed by atoms with E-state index in [1.54, 1.807) is 11.3 Å². The molecule has 0 bridgehead atoms. The second-order valence-electron chi connectivity index (χ2n) is 4.64. The number of anilines is 1. The van der Waals surface area contributed by atoms with Gasteiger partial charge in [0.2, 0.25) is 11.1 Å². The molecule has 0 saturated carbocycles. The highest BCUT2D eigenvalue weighted by Crippen LogP contribution is 2.19. The fourth-order valence-corrected chi connectivity index (χ4v) is 3.73. The number of aromatic amines is 1. The number of amides is 1. The van der Waals surface area contributed by atoms with Gasteiger partial charge in [0.15, 0.2) is 0 Å². The molecule has 1 aromatic carbocycles. The van der Waals surface area contributed by atoms with Crippen molar-refractivity contribution >= 4 is 57.3 Å². The second kappa shape index (κ2) is 7.93. The standard InChI is InChI=1S/C15H13IN4OS2/c16-11-5-1-2-6-12(11)17-14(21)9-23-15-18-13(19-20-15)8-10-4-3-7-22-10/h1-7H,8-9H2,(H,17,21)(H,18,19,20). The van der Waals surface area contributed by atoms with Gasteiger partial charge in [0.25, 0.3) is 0 Å². The normalized spacial score (nSPS) is 10.7. The number of hydrogen-bond donors (Lipinski definition) is 2. The van der Waals surface area contributed by atoms with Crippen LogP contribution >= 0.6 is 45.7 Å². The Morgan fingerprint density at radius 1 is 1.30 bits per heavy atom. The van der Waals surface area contributed by atoms with Gasteiger partial charge in [-0.2, -0.15) is 0 Å². The zero-order valence-electron chi connectivity index (χ0n) is 12.0. The van der Waals surface area contributed by atoms with Crippen molar-refractivity contribution < 1.29 is 4.79 Å². The molecule has 0 unspecified atom stereocenters. The molecule has 0 atom stereocenters. The van der Waals surface area contributed by atoms with E-state index in [0.717, 1.165) is 21.5 Å². The number of nitrogens with zero attached hydrogens (tertiary/aromatic N) is 2. The highest BCUT2D eigenvalue weighted by atomic mass is 127. The third-order valence-corrected chi connectivity index (χ3v) is 5.58. The van der Waals surface area contributed by atoms with E-state index in [-0.39, 0.29) is 11.7 Å². The molecule has 23 heavy (non-hydrogen) atoms. The number of carbonyl (C=O) groups excluding carboxylic acids is 1. The molecule has 0 radical (unpaired) electrons. The van der Waals surface area contributed by atoms with Gasteiger partial charge in [0.1, 0.15) is 5.82 Å². The maximum absolute atomic E-state index is 12.0. The van der Waals surface area contributed by atoms with Crippen molar-refractivity contribution in [2.45, 2.75) is 11.6 Å². The number of H-pyrrole nitrogens is 1. The van der Waals surface area contributed by atoms with Crippen molar-refractivity contribution in [3.63, 3.8) is 0 Å². The molecular weight excluding hydrogens is 443 g/mol. The van der Waals surface area contributed by atoms with Crippen LogP contribution in [0.3, 0.4) is 0 Å². The van der Waals surface area contributed by atoms with E-state index in [1.807, 2.05) is 35.7 Å². The van der Waals surface area contributed by atoms with Crippen molar-refractivity contribution in [3.8, 4) is 0 Å². The Hall–Kier alpha value is -1.39. The van der Waals surface area contributed by atoms with Gasteiger partial charge >= 0.3 is 0 Å². The van der Waals surface area contributed by atoms with Gasteiger partial charge in [-0.1, -0.05) is 30.0 Å². The number of nitrogens with one attached hydrogen (secondary N) is 2. The first-order chi connectivity index (χ1) is 11.2. The first-order valence-corrected chi connectivity index (χ1v) is 9.76. The molecule has 3 aromatic rings. The van der Waals surface area contributed by atoms with Crippen molar-refractivity contribution in [2.75, 3.05) is 11.1 Å². The van der Waals surface area contributed by atoms with Crippen LogP contribution in [0.2, 0.25) is 0 Å². The summed E-state index contributed by atoms with van der Waals surface area (Å²) in [4.78, 5) is 17.6. The number of hydrogen-bond acceptors (Lipinski definition) is 5. The lowest BCUT2D eigenvalue weighted by Gasteiger charge is -2.05. The lowest BCUT2D eigenvalue weighted by atomic mass is 10.3. The van der Waals surface area contributed by atoms with Crippen LogP contribution in [0.15, 0.2) is 46.9 Å². The second-order valence-corrected chi connectivity index (χ2v) is 7.77. The SMILES string of the molecule is O=C(CSc1n[nH]c(Cc2cccs2)n1)Nc1ccccc1I. The lowest BCUT2D eigenvalue weighted by molar-refractivity contribution is -0.113. The van der Waals surface area contributed by atoms with Gasteiger partial charge in [0.05, 0.1) is 11.4 Å². The smallest absolute Gasteiger partial charge is 0.234 e. The molecule has 0 saturated heterocycles. The van der Waals surface area contributed by atoms with Crippen molar-refractivity contribution in [1.29, 1.82) is 0 Å².